The van der Waals surface area contributed by atoms with Crippen LogP contribution in [0.3, 0.4) is 0 Å². The normalized spacial score (nSPS) is 29.6. The molecule has 1 aromatic carbocycles. The number of nitro benzene ring substituents is 1. The van der Waals surface area contributed by atoms with Gasteiger partial charge in [0.1, 0.15) is 11.9 Å². The second-order valence-electron chi connectivity index (χ2n) is 5.75. The van der Waals surface area contributed by atoms with Gasteiger partial charge in [0.05, 0.1) is 18.1 Å². The van der Waals surface area contributed by atoms with Crippen molar-refractivity contribution >= 4 is 11.8 Å². The Balaban J connectivity index is 1.52. The Labute approximate surface area is 132 Å². The first-order chi connectivity index (χ1) is 11.0. The van der Waals surface area contributed by atoms with E-state index < -0.39 is 11.1 Å². The number of nitrogens with zero attached hydrogens (tertiary/aromatic N) is 1. The smallest absolute Gasteiger partial charge is 0.428 e. The third-order valence-electron chi connectivity index (χ3n) is 4.10. The lowest BCUT2D eigenvalue weighted by molar-refractivity contribution is -0.384. The first kappa shape index (κ1) is 15.7. The number of non-ortho nitro benzene ring substituents is 1. The molecular weight excluding hydrogens is 306 g/mol. The van der Waals surface area contributed by atoms with E-state index in [1.165, 1.54) is 24.3 Å². The molecule has 0 saturated carbocycles. The lowest BCUT2D eigenvalue weighted by atomic mass is 9.89. The maximum absolute atomic E-state index is 11.8. The van der Waals surface area contributed by atoms with E-state index in [1.54, 1.807) is 0 Å². The molecule has 3 rings (SSSR count). The second-order valence-corrected chi connectivity index (χ2v) is 5.75. The number of carbonyl (C=O) groups is 1. The monoisotopic (exact) mass is 323 g/mol. The van der Waals surface area contributed by atoms with Crippen molar-refractivity contribution in [2.24, 2.45) is 11.8 Å². The van der Waals surface area contributed by atoms with E-state index in [0.717, 1.165) is 0 Å². The Bertz CT molecular complexity index is 588. The lowest BCUT2D eigenvalue weighted by Gasteiger charge is -2.31. The van der Waals surface area contributed by atoms with Crippen LogP contribution in [0, 0.1) is 22.0 Å². The molecule has 124 valence electrons. The SMILES string of the molecule is CC1COC2OCC(OC(=O)Oc3ccc([N+](=O)[O-])cc3)CC12. The van der Waals surface area contributed by atoms with Gasteiger partial charge in [-0.3, -0.25) is 10.1 Å². The van der Waals surface area contributed by atoms with Crippen molar-refractivity contribution in [1.82, 2.24) is 0 Å². The molecule has 0 bridgehead atoms. The standard InChI is InChI=1S/C15H17NO7/c1-9-7-20-14-13(9)6-12(8-21-14)23-15(17)22-11-4-2-10(3-5-11)16(18)19/h2-5,9,12-14H,6-8H2,1H3. The van der Waals surface area contributed by atoms with Crippen molar-refractivity contribution in [3.8, 4) is 5.75 Å². The Hall–Kier alpha value is -2.19. The van der Waals surface area contributed by atoms with Gasteiger partial charge in [-0.25, -0.2) is 4.79 Å². The first-order valence-electron chi connectivity index (χ1n) is 7.39. The van der Waals surface area contributed by atoms with E-state index in [9.17, 15) is 14.9 Å². The largest absolute Gasteiger partial charge is 0.514 e. The van der Waals surface area contributed by atoms with Crippen LogP contribution in [0.15, 0.2) is 24.3 Å². The molecular formula is C15H17NO7. The molecule has 0 aliphatic carbocycles. The molecule has 2 aliphatic heterocycles. The second kappa shape index (κ2) is 6.51. The summed E-state index contributed by atoms with van der Waals surface area (Å²) in [6.45, 7) is 2.99. The van der Waals surface area contributed by atoms with Crippen molar-refractivity contribution in [1.29, 1.82) is 0 Å². The zero-order chi connectivity index (χ0) is 16.4. The van der Waals surface area contributed by atoms with Crippen LogP contribution in [0.25, 0.3) is 0 Å². The van der Waals surface area contributed by atoms with E-state index in [-0.39, 0.29) is 36.4 Å². The number of ether oxygens (including phenoxy) is 4. The van der Waals surface area contributed by atoms with Gasteiger partial charge in [0.2, 0.25) is 0 Å². The molecule has 4 unspecified atom stereocenters. The third kappa shape index (κ3) is 3.59. The summed E-state index contributed by atoms with van der Waals surface area (Å²) >= 11 is 0. The Morgan fingerprint density at radius 1 is 1.26 bits per heavy atom. The molecule has 4 atom stereocenters. The van der Waals surface area contributed by atoms with Crippen molar-refractivity contribution in [2.75, 3.05) is 13.2 Å². The maximum atomic E-state index is 11.8. The predicted octanol–water partition coefficient (Wildman–Crippen LogP) is 2.51. The average molecular weight is 323 g/mol. The molecule has 0 radical (unpaired) electrons. The summed E-state index contributed by atoms with van der Waals surface area (Å²) in [6, 6.07) is 5.21. The number of rotatable bonds is 3. The van der Waals surface area contributed by atoms with Gasteiger partial charge in [0.15, 0.2) is 6.29 Å². The maximum Gasteiger partial charge on any atom is 0.514 e. The van der Waals surface area contributed by atoms with E-state index in [0.29, 0.717) is 18.9 Å². The Kier molecular flexibility index (Phi) is 4.44. The van der Waals surface area contributed by atoms with E-state index in [4.69, 9.17) is 18.9 Å². The zero-order valence-corrected chi connectivity index (χ0v) is 12.5. The number of hydrogen-bond donors (Lipinski definition) is 0. The highest BCUT2D eigenvalue weighted by molar-refractivity contribution is 5.64. The third-order valence-corrected chi connectivity index (χ3v) is 4.10. The quantitative estimate of drug-likeness (QED) is 0.365. The van der Waals surface area contributed by atoms with Crippen LogP contribution in [0.4, 0.5) is 10.5 Å². The van der Waals surface area contributed by atoms with Crippen molar-refractivity contribution in [3.05, 3.63) is 34.4 Å². The van der Waals surface area contributed by atoms with Gasteiger partial charge in [-0.05, 0) is 24.5 Å². The average Bonchev–Trinajstić information content (AvgIpc) is 2.89. The van der Waals surface area contributed by atoms with Gasteiger partial charge in [-0.1, -0.05) is 6.92 Å². The van der Waals surface area contributed by atoms with Gasteiger partial charge >= 0.3 is 6.16 Å². The molecule has 8 nitrogen and oxygen atoms in total. The minimum atomic E-state index is -0.850. The fourth-order valence-electron chi connectivity index (χ4n) is 2.83. The topological polar surface area (TPSA) is 97.1 Å². The summed E-state index contributed by atoms with van der Waals surface area (Å²) in [5.74, 6) is 0.755. The highest BCUT2D eigenvalue weighted by atomic mass is 16.7. The summed E-state index contributed by atoms with van der Waals surface area (Å²) in [6.07, 6.45) is -0.778. The van der Waals surface area contributed by atoms with E-state index >= 15 is 0 Å². The lowest BCUT2D eigenvalue weighted by Crippen LogP contribution is -2.39. The van der Waals surface area contributed by atoms with Crippen LogP contribution >= 0.6 is 0 Å². The van der Waals surface area contributed by atoms with Gasteiger partial charge in [-0.2, -0.15) is 0 Å². The summed E-state index contributed by atoms with van der Waals surface area (Å²) < 4.78 is 21.3. The van der Waals surface area contributed by atoms with Gasteiger partial charge < -0.3 is 18.9 Å². The fourth-order valence-corrected chi connectivity index (χ4v) is 2.83. The fraction of sp³-hybridized carbons (Fsp3) is 0.533. The molecule has 2 heterocycles. The molecule has 0 amide bonds. The molecule has 0 N–H and O–H groups in total. The molecule has 1 aromatic rings. The van der Waals surface area contributed by atoms with Crippen LogP contribution in [0.1, 0.15) is 13.3 Å². The minimum Gasteiger partial charge on any atom is -0.428 e. The van der Waals surface area contributed by atoms with Crippen LogP contribution < -0.4 is 4.74 Å². The predicted molar refractivity (Wildman–Crippen MR) is 77.0 cm³/mol. The number of benzene rings is 1. The minimum absolute atomic E-state index is 0.0762. The highest BCUT2D eigenvalue weighted by Crippen LogP contribution is 2.35. The zero-order valence-electron chi connectivity index (χ0n) is 12.5. The number of fused-ring (bicyclic) bond motifs is 1. The summed E-state index contributed by atoms with van der Waals surface area (Å²) in [7, 11) is 0. The van der Waals surface area contributed by atoms with Gasteiger partial charge in [0, 0.05) is 18.1 Å². The molecule has 0 spiro atoms. The van der Waals surface area contributed by atoms with Crippen LogP contribution in [-0.2, 0) is 14.2 Å². The van der Waals surface area contributed by atoms with Crippen LogP contribution in [0.2, 0.25) is 0 Å². The number of carbonyl (C=O) groups excluding carboxylic acids is 1. The molecule has 23 heavy (non-hydrogen) atoms. The van der Waals surface area contributed by atoms with E-state index in [2.05, 4.69) is 6.92 Å². The summed E-state index contributed by atoms with van der Waals surface area (Å²) in [5, 5.41) is 10.6. The van der Waals surface area contributed by atoms with Crippen molar-refractivity contribution < 1.29 is 28.7 Å². The Morgan fingerprint density at radius 3 is 2.65 bits per heavy atom. The number of nitro groups is 1. The summed E-state index contributed by atoms with van der Waals surface area (Å²) in [4.78, 5) is 21.8. The highest BCUT2D eigenvalue weighted by Gasteiger charge is 2.41. The molecule has 2 aliphatic rings. The number of hydrogen-bond acceptors (Lipinski definition) is 7. The molecule has 8 heteroatoms. The molecule has 0 aromatic heterocycles. The summed E-state index contributed by atoms with van der Waals surface area (Å²) in [5.41, 5.74) is -0.0762. The first-order valence-corrected chi connectivity index (χ1v) is 7.39. The van der Waals surface area contributed by atoms with Gasteiger partial charge in [-0.15, -0.1) is 0 Å². The molecule has 2 saturated heterocycles. The van der Waals surface area contributed by atoms with Crippen LogP contribution in [-0.4, -0.2) is 36.7 Å². The van der Waals surface area contributed by atoms with Gasteiger partial charge in [0.25, 0.3) is 5.69 Å². The van der Waals surface area contributed by atoms with Crippen molar-refractivity contribution in [3.63, 3.8) is 0 Å². The van der Waals surface area contributed by atoms with Crippen molar-refractivity contribution in [2.45, 2.75) is 25.7 Å². The molecule has 2 fully saturated rings. The van der Waals surface area contributed by atoms with E-state index in [1.807, 2.05) is 0 Å². The van der Waals surface area contributed by atoms with Crippen LogP contribution in [0.5, 0.6) is 5.75 Å². The Morgan fingerprint density at radius 2 is 1.96 bits per heavy atom.